The Labute approximate surface area is 354 Å². The minimum atomic E-state index is -0.793. The van der Waals surface area contributed by atoms with Crippen molar-refractivity contribution in [3.8, 4) is 0 Å². The molecule has 0 heterocycles. The van der Waals surface area contributed by atoms with Crippen molar-refractivity contribution in [1.29, 1.82) is 0 Å². The van der Waals surface area contributed by atoms with Crippen LogP contribution in [-0.4, -0.2) is 46.9 Å². The van der Waals surface area contributed by atoms with Crippen LogP contribution in [-0.2, 0) is 14.3 Å². The number of aliphatic hydroxyl groups excluding tert-OH is 2. The third-order valence-corrected chi connectivity index (χ3v) is 11.6. The van der Waals surface area contributed by atoms with Crippen molar-refractivity contribution < 1.29 is 24.5 Å². The van der Waals surface area contributed by atoms with Gasteiger partial charge in [0.1, 0.15) is 6.10 Å². The molecule has 0 aliphatic carbocycles. The number of esters is 1. The Bertz CT molecular complexity index is 904. The molecule has 6 heteroatoms. The van der Waals surface area contributed by atoms with E-state index in [1.165, 1.54) is 161 Å². The molecular formula is C51H97NO5. The Morgan fingerprint density at radius 2 is 0.895 bits per heavy atom. The highest BCUT2D eigenvalue weighted by molar-refractivity contribution is 5.77. The van der Waals surface area contributed by atoms with Crippen molar-refractivity contribution >= 4 is 11.9 Å². The molecule has 3 unspecified atom stereocenters. The summed E-state index contributed by atoms with van der Waals surface area (Å²) in [5.74, 6) is -0.510. The number of hydrogen-bond donors (Lipinski definition) is 3. The minimum absolute atomic E-state index is 0.0497. The third-order valence-electron chi connectivity index (χ3n) is 11.6. The van der Waals surface area contributed by atoms with E-state index >= 15 is 0 Å². The van der Waals surface area contributed by atoms with Gasteiger partial charge in [-0.25, -0.2) is 0 Å². The molecule has 0 aromatic carbocycles. The van der Waals surface area contributed by atoms with Crippen LogP contribution in [0, 0.1) is 0 Å². The Kier molecular flexibility index (Phi) is 44.1. The lowest BCUT2D eigenvalue weighted by atomic mass is 10.0. The molecule has 6 nitrogen and oxygen atoms in total. The highest BCUT2D eigenvalue weighted by Crippen LogP contribution is 2.17. The zero-order valence-corrected chi connectivity index (χ0v) is 38.2. The van der Waals surface area contributed by atoms with Gasteiger partial charge >= 0.3 is 5.97 Å². The van der Waals surface area contributed by atoms with Crippen LogP contribution in [0.1, 0.15) is 265 Å². The first-order valence-corrected chi connectivity index (χ1v) is 25.1. The predicted octanol–water partition coefficient (Wildman–Crippen LogP) is 14.7. The number of allylic oxidation sites excluding steroid dienone is 4. The molecule has 0 fully saturated rings. The summed E-state index contributed by atoms with van der Waals surface area (Å²) in [4.78, 5) is 26.1. The Hall–Kier alpha value is -1.66. The fraction of sp³-hybridized carbons (Fsp3) is 0.882. The summed E-state index contributed by atoms with van der Waals surface area (Å²) in [5, 5.41) is 23.7. The van der Waals surface area contributed by atoms with Gasteiger partial charge < -0.3 is 20.3 Å². The zero-order chi connectivity index (χ0) is 41.7. The molecular weight excluding hydrogens is 707 g/mol. The molecule has 0 saturated carbocycles. The second kappa shape index (κ2) is 45.4. The molecule has 1 amide bonds. The maximum atomic E-state index is 13.2. The Morgan fingerprint density at radius 3 is 1.33 bits per heavy atom. The van der Waals surface area contributed by atoms with E-state index in [0.717, 1.165) is 57.8 Å². The number of rotatable bonds is 45. The lowest BCUT2D eigenvalue weighted by Gasteiger charge is -2.24. The summed E-state index contributed by atoms with van der Waals surface area (Å²) in [6.45, 7) is 6.46. The van der Waals surface area contributed by atoms with Gasteiger partial charge in [0.05, 0.1) is 25.2 Å². The fourth-order valence-corrected chi connectivity index (χ4v) is 7.72. The van der Waals surface area contributed by atoms with E-state index in [9.17, 15) is 19.8 Å². The van der Waals surface area contributed by atoms with E-state index in [0.29, 0.717) is 19.3 Å². The molecule has 0 bridgehead atoms. The van der Waals surface area contributed by atoms with Gasteiger partial charge in [0.15, 0.2) is 0 Å². The summed E-state index contributed by atoms with van der Waals surface area (Å²) in [6.07, 6.45) is 51.0. The third kappa shape index (κ3) is 40.9. The first-order chi connectivity index (χ1) is 28.0. The number of nitrogens with one attached hydrogen (secondary N) is 1. The smallest absolute Gasteiger partial charge is 0.306 e. The summed E-state index contributed by atoms with van der Waals surface area (Å²) >= 11 is 0. The summed E-state index contributed by atoms with van der Waals surface area (Å²) < 4.78 is 5.90. The highest BCUT2D eigenvalue weighted by Gasteiger charge is 2.24. The second-order valence-electron chi connectivity index (χ2n) is 17.3. The molecule has 0 rings (SSSR count). The van der Waals surface area contributed by atoms with Gasteiger partial charge in [0, 0.05) is 6.42 Å². The predicted molar refractivity (Wildman–Crippen MR) is 246 cm³/mol. The molecule has 0 saturated heterocycles. The van der Waals surface area contributed by atoms with Gasteiger partial charge in [-0.15, -0.1) is 0 Å². The first kappa shape index (κ1) is 55.3. The molecule has 336 valence electrons. The van der Waals surface area contributed by atoms with E-state index in [1.54, 1.807) is 0 Å². The van der Waals surface area contributed by atoms with Crippen LogP contribution in [0.5, 0.6) is 0 Å². The lowest BCUT2D eigenvalue weighted by Crippen LogP contribution is -2.46. The van der Waals surface area contributed by atoms with Crippen LogP contribution in [0.2, 0.25) is 0 Å². The quantitative estimate of drug-likeness (QED) is 0.0324. The molecule has 0 spiro atoms. The second-order valence-corrected chi connectivity index (χ2v) is 17.3. The van der Waals surface area contributed by atoms with Gasteiger partial charge in [0.2, 0.25) is 5.91 Å². The topological polar surface area (TPSA) is 95.9 Å². The van der Waals surface area contributed by atoms with Gasteiger partial charge in [-0.05, 0) is 44.9 Å². The van der Waals surface area contributed by atoms with Crippen molar-refractivity contribution in [3.05, 3.63) is 24.3 Å². The monoisotopic (exact) mass is 804 g/mol. The number of hydrogen-bond acceptors (Lipinski definition) is 5. The van der Waals surface area contributed by atoms with Crippen LogP contribution in [0.3, 0.4) is 0 Å². The van der Waals surface area contributed by atoms with Crippen LogP contribution < -0.4 is 5.32 Å². The van der Waals surface area contributed by atoms with Crippen LogP contribution in [0.25, 0.3) is 0 Å². The normalized spacial score (nSPS) is 13.4. The van der Waals surface area contributed by atoms with E-state index in [4.69, 9.17) is 4.74 Å². The average molecular weight is 804 g/mol. The minimum Gasteiger partial charge on any atom is -0.462 e. The van der Waals surface area contributed by atoms with Crippen LogP contribution in [0.4, 0.5) is 0 Å². The fourth-order valence-electron chi connectivity index (χ4n) is 7.72. The van der Waals surface area contributed by atoms with Crippen LogP contribution >= 0.6 is 0 Å². The zero-order valence-electron chi connectivity index (χ0n) is 38.2. The molecule has 57 heavy (non-hydrogen) atoms. The summed E-state index contributed by atoms with van der Waals surface area (Å²) in [5.41, 5.74) is 0. The first-order valence-electron chi connectivity index (χ1n) is 25.1. The van der Waals surface area contributed by atoms with Crippen molar-refractivity contribution in [2.24, 2.45) is 0 Å². The largest absolute Gasteiger partial charge is 0.462 e. The average Bonchev–Trinajstić information content (AvgIpc) is 3.20. The van der Waals surface area contributed by atoms with E-state index in [-0.39, 0.29) is 24.9 Å². The lowest BCUT2D eigenvalue weighted by molar-refractivity contribution is -0.151. The highest BCUT2D eigenvalue weighted by atomic mass is 16.5. The van der Waals surface area contributed by atoms with E-state index < -0.39 is 18.2 Å². The molecule has 0 aliphatic rings. The molecule has 0 radical (unpaired) electrons. The number of ether oxygens (including phenoxy) is 1. The Balaban J connectivity index is 4.64. The molecule has 0 aliphatic heterocycles. The van der Waals surface area contributed by atoms with Crippen LogP contribution in [0.15, 0.2) is 24.3 Å². The summed E-state index contributed by atoms with van der Waals surface area (Å²) in [6, 6.07) is -0.710. The van der Waals surface area contributed by atoms with Crippen molar-refractivity contribution in [1.82, 2.24) is 5.32 Å². The number of carbonyl (C=O) groups excluding carboxylic acids is 2. The van der Waals surface area contributed by atoms with Crippen molar-refractivity contribution in [3.63, 3.8) is 0 Å². The van der Waals surface area contributed by atoms with Crippen molar-refractivity contribution in [2.45, 2.75) is 283 Å². The van der Waals surface area contributed by atoms with Crippen molar-refractivity contribution in [2.75, 3.05) is 6.61 Å². The molecule has 0 aromatic heterocycles. The van der Waals surface area contributed by atoms with E-state index in [1.807, 2.05) is 0 Å². The van der Waals surface area contributed by atoms with Gasteiger partial charge in [-0.2, -0.15) is 0 Å². The number of unbranched alkanes of at least 4 members (excludes halogenated alkanes) is 30. The van der Waals surface area contributed by atoms with Gasteiger partial charge in [0.25, 0.3) is 0 Å². The standard InChI is InChI=1S/C51H97NO5/c1-4-7-10-13-16-19-22-24-26-28-30-33-36-39-42-47(57-51(56)44-41-38-35-32-29-25-23-20-17-14-11-8-5-2)45-50(55)52-48(46-53)49(54)43-40-37-34-31-27-21-18-15-12-9-6-3/h26,28,30,33,47-49,53-54H,4-25,27,29,31-32,34-46H2,1-3H3,(H,52,55)/b28-26+,33-30+. The molecule has 0 aromatic rings. The number of carbonyl (C=O) groups is 2. The number of aliphatic hydroxyl groups is 2. The maximum Gasteiger partial charge on any atom is 0.306 e. The van der Waals surface area contributed by atoms with E-state index in [2.05, 4.69) is 50.4 Å². The summed E-state index contributed by atoms with van der Waals surface area (Å²) in [7, 11) is 0. The molecule has 3 N–H and O–H groups in total. The van der Waals surface area contributed by atoms with Gasteiger partial charge in [-0.3, -0.25) is 9.59 Å². The van der Waals surface area contributed by atoms with Gasteiger partial charge in [-0.1, -0.05) is 231 Å². The SMILES string of the molecule is CCCCCCCCC/C=C/C=C/CCCC(CC(=O)NC(CO)C(O)CCCCCCCCCCCCC)OC(=O)CCCCCCCCCCCCCCC. The molecule has 3 atom stereocenters. The maximum absolute atomic E-state index is 13.2. The number of amides is 1. The Morgan fingerprint density at radius 1 is 0.509 bits per heavy atom.